The summed E-state index contributed by atoms with van der Waals surface area (Å²) in [7, 11) is -3.15. The van der Waals surface area contributed by atoms with Gasteiger partial charge in [-0.2, -0.15) is 4.31 Å². The van der Waals surface area contributed by atoms with E-state index in [9.17, 15) is 13.2 Å². The number of hydrogen-bond donors (Lipinski definition) is 1. The number of benzene rings is 2. The fraction of sp³-hybridized carbons (Fsp3) is 0.381. The van der Waals surface area contributed by atoms with Gasteiger partial charge in [0.2, 0.25) is 10.0 Å². The van der Waals surface area contributed by atoms with Gasteiger partial charge in [0.15, 0.2) is 6.61 Å². The lowest BCUT2D eigenvalue weighted by Gasteiger charge is -2.34. The highest BCUT2D eigenvalue weighted by Crippen LogP contribution is 2.29. The van der Waals surface area contributed by atoms with Gasteiger partial charge in [0.25, 0.3) is 5.91 Å². The van der Waals surface area contributed by atoms with Gasteiger partial charge in [0.1, 0.15) is 5.75 Å². The van der Waals surface area contributed by atoms with E-state index in [1.54, 1.807) is 6.07 Å². The Balaban J connectivity index is 1.53. The summed E-state index contributed by atoms with van der Waals surface area (Å²) in [6, 6.07) is 11.2. The zero-order valence-electron chi connectivity index (χ0n) is 17.3. The van der Waals surface area contributed by atoms with Crippen molar-refractivity contribution in [2.75, 3.05) is 49.3 Å². The van der Waals surface area contributed by atoms with Gasteiger partial charge in [-0.05, 0) is 55.3 Å². The van der Waals surface area contributed by atoms with E-state index in [-0.39, 0.29) is 12.5 Å². The Labute approximate surface area is 182 Å². The maximum absolute atomic E-state index is 12.2. The first-order valence-electron chi connectivity index (χ1n) is 9.63. The van der Waals surface area contributed by atoms with Crippen molar-refractivity contribution < 1.29 is 17.9 Å². The van der Waals surface area contributed by atoms with Crippen LogP contribution in [0, 0.1) is 13.8 Å². The van der Waals surface area contributed by atoms with Crippen LogP contribution in [-0.4, -0.2) is 57.7 Å². The molecule has 2 aromatic rings. The molecule has 0 saturated carbocycles. The van der Waals surface area contributed by atoms with Crippen LogP contribution in [0.4, 0.5) is 11.4 Å². The molecule has 30 heavy (non-hydrogen) atoms. The molecule has 1 fully saturated rings. The quantitative estimate of drug-likeness (QED) is 0.730. The lowest BCUT2D eigenvalue weighted by molar-refractivity contribution is -0.118. The maximum Gasteiger partial charge on any atom is 0.262 e. The van der Waals surface area contributed by atoms with Crippen LogP contribution in [0.1, 0.15) is 11.1 Å². The number of nitrogens with zero attached hydrogens (tertiary/aromatic N) is 2. The highest BCUT2D eigenvalue weighted by molar-refractivity contribution is 7.88. The van der Waals surface area contributed by atoms with Crippen LogP contribution in [0.15, 0.2) is 36.4 Å². The number of hydrogen-bond acceptors (Lipinski definition) is 5. The Bertz CT molecular complexity index is 994. The van der Waals surface area contributed by atoms with E-state index in [1.807, 2.05) is 44.2 Å². The molecule has 0 spiro atoms. The van der Waals surface area contributed by atoms with E-state index in [4.69, 9.17) is 16.3 Å². The molecule has 1 aliphatic rings. The number of halogens is 1. The minimum atomic E-state index is -3.15. The fourth-order valence-corrected chi connectivity index (χ4v) is 4.66. The molecule has 1 N–H and O–H groups in total. The first-order valence-corrected chi connectivity index (χ1v) is 11.9. The first kappa shape index (κ1) is 22.4. The molecule has 0 unspecified atom stereocenters. The number of rotatable bonds is 6. The van der Waals surface area contributed by atoms with Gasteiger partial charge in [-0.3, -0.25) is 4.79 Å². The van der Waals surface area contributed by atoms with Gasteiger partial charge < -0.3 is 15.0 Å². The van der Waals surface area contributed by atoms with Crippen LogP contribution in [0.3, 0.4) is 0 Å². The van der Waals surface area contributed by atoms with Gasteiger partial charge >= 0.3 is 0 Å². The zero-order chi connectivity index (χ0) is 21.9. The minimum Gasteiger partial charge on any atom is -0.482 e. The van der Waals surface area contributed by atoms with Crippen molar-refractivity contribution in [3.05, 3.63) is 52.5 Å². The lowest BCUT2D eigenvalue weighted by Crippen LogP contribution is -2.48. The van der Waals surface area contributed by atoms with Crippen molar-refractivity contribution in [2.45, 2.75) is 13.8 Å². The summed E-state index contributed by atoms with van der Waals surface area (Å²) >= 11 is 6.21. The van der Waals surface area contributed by atoms with Crippen molar-refractivity contribution in [1.29, 1.82) is 0 Å². The Morgan fingerprint density at radius 2 is 1.73 bits per heavy atom. The summed E-state index contributed by atoms with van der Waals surface area (Å²) in [5, 5.41) is 3.29. The second-order valence-electron chi connectivity index (χ2n) is 7.43. The van der Waals surface area contributed by atoms with E-state index in [0.29, 0.717) is 42.6 Å². The number of anilines is 2. The number of ether oxygens (including phenoxy) is 1. The molecular weight excluding hydrogens is 426 g/mol. The standard InChI is InChI=1S/C21H26ClN3O4S/c1-15-12-16(2)21(19(22)13-15)29-14-20(26)23-17-4-6-18(7-5-17)24-8-10-25(11-9-24)30(3,27)28/h4-7,12-13H,8-11,14H2,1-3H3,(H,23,26). The Kier molecular flexibility index (Phi) is 6.90. The highest BCUT2D eigenvalue weighted by Gasteiger charge is 2.23. The van der Waals surface area contributed by atoms with Gasteiger partial charge in [0.05, 0.1) is 11.3 Å². The first-order chi connectivity index (χ1) is 14.1. The molecule has 0 radical (unpaired) electrons. The van der Waals surface area contributed by atoms with Crippen LogP contribution in [0.2, 0.25) is 5.02 Å². The molecule has 1 amide bonds. The molecule has 0 aliphatic carbocycles. The lowest BCUT2D eigenvalue weighted by atomic mass is 10.1. The Morgan fingerprint density at radius 1 is 1.10 bits per heavy atom. The summed E-state index contributed by atoms with van der Waals surface area (Å²) in [5.41, 5.74) is 3.56. The van der Waals surface area contributed by atoms with Gasteiger partial charge in [-0.15, -0.1) is 0 Å². The second kappa shape index (κ2) is 9.24. The third-order valence-electron chi connectivity index (χ3n) is 4.95. The normalized spacial score (nSPS) is 15.1. The van der Waals surface area contributed by atoms with E-state index >= 15 is 0 Å². The highest BCUT2D eigenvalue weighted by atomic mass is 35.5. The summed E-state index contributed by atoms with van der Waals surface area (Å²) in [4.78, 5) is 14.4. The molecule has 3 rings (SSSR count). The van der Waals surface area contributed by atoms with Crippen molar-refractivity contribution in [2.24, 2.45) is 0 Å². The molecule has 1 heterocycles. The fourth-order valence-electron chi connectivity index (χ4n) is 3.45. The second-order valence-corrected chi connectivity index (χ2v) is 9.82. The number of carbonyl (C=O) groups is 1. The zero-order valence-corrected chi connectivity index (χ0v) is 18.9. The molecule has 7 nitrogen and oxygen atoms in total. The maximum atomic E-state index is 12.2. The van der Waals surface area contributed by atoms with Crippen molar-refractivity contribution in [1.82, 2.24) is 4.31 Å². The van der Waals surface area contributed by atoms with Gasteiger partial charge in [-0.25, -0.2) is 8.42 Å². The number of carbonyl (C=O) groups excluding carboxylic acids is 1. The molecule has 0 bridgehead atoms. The van der Waals surface area contributed by atoms with Crippen molar-refractivity contribution in [3.63, 3.8) is 0 Å². The number of piperazine rings is 1. The monoisotopic (exact) mass is 451 g/mol. The van der Waals surface area contributed by atoms with E-state index in [1.165, 1.54) is 10.6 Å². The third-order valence-corrected chi connectivity index (χ3v) is 6.53. The van der Waals surface area contributed by atoms with Crippen LogP contribution >= 0.6 is 11.6 Å². The third kappa shape index (κ3) is 5.65. The summed E-state index contributed by atoms with van der Waals surface area (Å²) in [6.45, 7) is 5.89. The summed E-state index contributed by atoms with van der Waals surface area (Å²) in [5.74, 6) is 0.238. The molecule has 0 aromatic heterocycles. The number of sulfonamides is 1. The molecule has 0 atom stereocenters. The van der Waals surface area contributed by atoms with E-state index in [2.05, 4.69) is 10.2 Å². The number of nitrogens with one attached hydrogen (secondary N) is 1. The topological polar surface area (TPSA) is 79.0 Å². The molecule has 2 aromatic carbocycles. The van der Waals surface area contributed by atoms with Crippen LogP contribution in [0.5, 0.6) is 5.75 Å². The van der Waals surface area contributed by atoms with Crippen LogP contribution in [0.25, 0.3) is 0 Å². The molecule has 1 saturated heterocycles. The predicted molar refractivity (Wildman–Crippen MR) is 120 cm³/mol. The predicted octanol–water partition coefficient (Wildman–Crippen LogP) is 3.06. The Hall–Kier alpha value is -2.29. The van der Waals surface area contributed by atoms with Gasteiger partial charge in [-0.1, -0.05) is 17.7 Å². The molecular formula is C21H26ClN3O4S. The average molecular weight is 452 g/mol. The minimum absolute atomic E-state index is 0.140. The summed E-state index contributed by atoms with van der Waals surface area (Å²) < 4.78 is 30.3. The smallest absolute Gasteiger partial charge is 0.262 e. The van der Waals surface area contributed by atoms with Crippen molar-refractivity contribution in [3.8, 4) is 5.75 Å². The number of aryl methyl sites for hydroxylation is 2. The van der Waals surface area contributed by atoms with E-state index < -0.39 is 10.0 Å². The SMILES string of the molecule is Cc1cc(C)c(OCC(=O)Nc2ccc(N3CCN(S(C)(=O)=O)CC3)cc2)c(Cl)c1. The summed E-state index contributed by atoms with van der Waals surface area (Å²) in [6.07, 6.45) is 1.23. The van der Waals surface area contributed by atoms with Crippen LogP contribution in [-0.2, 0) is 14.8 Å². The largest absolute Gasteiger partial charge is 0.482 e. The number of amides is 1. The Morgan fingerprint density at radius 3 is 2.30 bits per heavy atom. The average Bonchev–Trinajstić information content (AvgIpc) is 2.67. The van der Waals surface area contributed by atoms with Crippen LogP contribution < -0.4 is 15.0 Å². The molecule has 162 valence electrons. The van der Waals surface area contributed by atoms with E-state index in [0.717, 1.165) is 16.8 Å². The van der Waals surface area contributed by atoms with Crippen molar-refractivity contribution >= 4 is 38.9 Å². The molecule has 1 aliphatic heterocycles. The van der Waals surface area contributed by atoms with Gasteiger partial charge in [0, 0.05) is 37.6 Å². The molecule has 9 heteroatoms.